The third-order valence-electron chi connectivity index (χ3n) is 4.98. The molecular formula is C23H17Cl2FN2O3S. The Balaban J connectivity index is 1.99. The fraction of sp³-hybridized carbons (Fsp3) is 0.174. The fourth-order valence-electron chi connectivity index (χ4n) is 3.53. The molecule has 2 heterocycles. The van der Waals surface area contributed by atoms with Gasteiger partial charge in [-0.2, -0.15) is 0 Å². The third kappa shape index (κ3) is 4.03. The molecule has 0 unspecified atom stereocenters. The van der Waals surface area contributed by atoms with Crippen molar-refractivity contribution >= 4 is 46.6 Å². The van der Waals surface area contributed by atoms with Crippen molar-refractivity contribution in [3.63, 3.8) is 0 Å². The molecule has 0 radical (unpaired) electrons. The van der Waals surface area contributed by atoms with Gasteiger partial charge in [-0.1, -0.05) is 52.7 Å². The summed E-state index contributed by atoms with van der Waals surface area (Å²) in [6, 6.07) is 10.4. The molecule has 1 aromatic heterocycles. The highest BCUT2D eigenvalue weighted by molar-refractivity contribution is 7.07. The molecule has 1 aliphatic heterocycles. The third-order valence-corrected chi connectivity index (χ3v) is 6.54. The number of ether oxygens (including phenoxy) is 1. The van der Waals surface area contributed by atoms with E-state index in [2.05, 4.69) is 4.99 Å². The topological polar surface area (TPSA) is 60.7 Å². The average Bonchev–Trinajstić information content (AvgIpc) is 3.05. The number of esters is 1. The molecule has 1 atom stereocenters. The molecule has 4 rings (SSSR count). The molecule has 0 aliphatic carbocycles. The van der Waals surface area contributed by atoms with Gasteiger partial charge in [0, 0.05) is 10.6 Å². The van der Waals surface area contributed by atoms with Gasteiger partial charge in [-0.25, -0.2) is 14.2 Å². The quantitative estimate of drug-likeness (QED) is 0.513. The summed E-state index contributed by atoms with van der Waals surface area (Å²) in [6.45, 7) is 3.58. The molecule has 0 fully saturated rings. The predicted molar refractivity (Wildman–Crippen MR) is 123 cm³/mol. The zero-order valence-electron chi connectivity index (χ0n) is 17.1. The van der Waals surface area contributed by atoms with Gasteiger partial charge in [-0.05, 0) is 49.8 Å². The van der Waals surface area contributed by atoms with E-state index in [-0.39, 0.29) is 27.3 Å². The summed E-state index contributed by atoms with van der Waals surface area (Å²) in [6.07, 6.45) is 1.41. The molecule has 2 aromatic carbocycles. The van der Waals surface area contributed by atoms with Gasteiger partial charge in [-0.15, -0.1) is 0 Å². The molecular weight excluding hydrogens is 474 g/mol. The number of hydrogen-bond donors (Lipinski definition) is 0. The van der Waals surface area contributed by atoms with Crippen LogP contribution in [0.25, 0.3) is 6.08 Å². The highest BCUT2D eigenvalue weighted by Gasteiger charge is 2.33. The minimum absolute atomic E-state index is 0.115. The van der Waals surface area contributed by atoms with E-state index in [9.17, 15) is 14.0 Å². The van der Waals surface area contributed by atoms with Gasteiger partial charge in [0.05, 0.1) is 33.5 Å². The van der Waals surface area contributed by atoms with Crippen LogP contribution in [0.4, 0.5) is 4.39 Å². The Morgan fingerprint density at radius 2 is 1.97 bits per heavy atom. The van der Waals surface area contributed by atoms with Crippen molar-refractivity contribution in [3.8, 4) is 0 Å². The zero-order chi connectivity index (χ0) is 23.0. The van der Waals surface area contributed by atoms with Crippen molar-refractivity contribution in [1.82, 2.24) is 4.57 Å². The second kappa shape index (κ2) is 9.02. The number of carbonyl (C=O) groups excluding carboxylic acids is 1. The molecule has 5 nitrogen and oxygen atoms in total. The smallest absolute Gasteiger partial charge is 0.338 e. The summed E-state index contributed by atoms with van der Waals surface area (Å²) in [5, 5.41) is 0.710. The lowest BCUT2D eigenvalue weighted by Gasteiger charge is -2.24. The fourth-order valence-corrected chi connectivity index (χ4v) is 4.90. The van der Waals surface area contributed by atoms with Gasteiger partial charge < -0.3 is 4.74 Å². The normalized spacial score (nSPS) is 16.0. The van der Waals surface area contributed by atoms with E-state index in [0.717, 1.165) is 11.3 Å². The van der Waals surface area contributed by atoms with E-state index in [1.165, 1.54) is 22.8 Å². The molecule has 0 bridgehead atoms. The first-order valence-corrected chi connectivity index (χ1v) is 11.3. The van der Waals surface area contributed by atoms with Crippen LogP contribution in [0.1, 0.15) is 31.0 Å². The van der Waals surface area contributed by atoms with Gasteiger partial charge in [0.25, 0.3) is 5.56 Å². The first kappa shape index (κ1) is 22.5. The van der Waals surface area contributed by atoms with Crippen LogP contribution in [0.2, 0.25) is 10.0 Å². The monoisotopic (exact) mass is 490 g/mol. The summed E-state index contributed by atoms with van der Waals surface area (Å²) in [5.41, 5.74) is 1.08. The van der Waals surface area contributed by atoms with E-state index in [1.54, 1.807) is 44.2 Å². The number of aromatic nitrogens is 1. The lowest BCUT2D eigenvalue weighted by Crippen LogP contribution is -2.39. The van der Waals surface area contributed by atoms with Crippen LogP contribution in [-0.2, 0) is 9.53 Å². The van der Waals surface area contributed by atoms with Crippen LogP contribution in [-0.4, -0.2) is 17.1 Å². The Labute approximate surface area is 196 Å². The number of halogens is 3. The minimum atomic E-state index is -0.763. The summed E-state index contributed by atoms with van der Waals surface area (Å²) in [7, 11) is 0. The summed E-state index contributed by atoms with van der Waals surface area (Å²) < 4.78 is 21.2. The van der Waals surface area contributed by atoms with Gasteiger partial charge in [0.15, 0.2) is 4.80 Å². The van der Waals surface area contributed by atoms with Crippen molar-refractivity contribution < 1.29 is 13.9 Å². The second-order valence-electron chi connectivity index (χ2n) is 6.99. The van der Waals surface area contributed by atoms with Crippen LogP contribution < -0.4 is 14.9 Å². The number of benzene rings is 2. The lowest BCUT2D eigenvalue weighted by molar-refractivity contribution is -0.139. The standard InChI is InChI=1S/C23H17Cl2FN2O3S/c1-3-31-22(30)19-12(2)27-23-28(20(19)13-7-9-14(24)10-8-13)21(29)18(32-23)11-15-16(25)5-4-6-17(15)26/h4-11,20H,3H2,1-2H3/b18-11+/t20-/m1/s1. The molecule has 32 heavy (non-hydrogen) atoms. The maximum atomic E-state index is 14.3. The molecule has 1 aliphatic rings. The number of carbonyl (C=O) groups is 1. The first-order chi connectivity index (χ1) is 15.3. The number of nitrogens with zero attached hydrogens (tertiary/aromatic N) is 2. The van der Waals surface area contributed by atoms with Crippen LogP contribution >= 0.6 is 34.5 Å². The largest absolute Gasteiger partial charge is 0.463 e. The van der Waals surface area contributed by atoms with Crippen LogP contribution in [0.3, 0.4) is 0 Å². The molecule has 0 saturated heterocycles. The summed E-state index contributed by atoms with van der Waals surface area (Å²) in [4.78, 5) is 31.1. The Morgan fingerprint density at radius 3 is 2.62 bits per heavy atom. The van der Waals surface area contributed by atoms with Crippen molar-refractivity contribution in [3.05, 3.63) is 100 Å². The van der Waals surface area contributed by atoms with Gasteiger partial charge in [0.1, 0.15) is 5.82 Å². The maximum absolute atomic E-state index is 14.3. The van der Waals surface area contributed by atoms with Crippen molar-refractivity contribution in [2.75, 3.05) is 6.61 Å². The highest BCUT2D eigenvalue weighted by atomic mass is 35.5. The number of thiazole rings is 1. The molecule has 0 spiro atoms. The van der Waals surface area contributed by atoms with Crippen molar-refractivity contribution in [1.29, 1.82) is 0 Å². The second-order valence-corrected chi connectivity index (χ2v) is 8.84. The Bertz CT molecular complexity index is 1400. The molecule has 9 heteroatoms. The van der Waals surface area contributed by atoms with Crippen molar-refractivity contribution in [2.45, 2.75) is 19.9 Å². The number of rotatable bonds is 4. The summed E-state index contributed by atoms with van der Waals surface area (Å²) in [5.74, 6) is -1.10. The first-order valence-electron chi connectivity index (χ1n) is 9.71. The Hall–Kier alpha value is -2.74. The van der Waals surface area contributed by atoms with E-state index < -0.39 is 23.4 Å². The van der Waals surface area contributed by atoms with Gasteiger partial charge in [0.2, 0.25) is 0 Å². The molecule has 0 amide bonds. The number of fused-ring (bicyclic) bond motifs is 1. The molecule has 164 valence electrons. The van der Waals surface area contributed by atoms with E-state index in [0.29, 0.717) is 21.1 Å². The van der Waals surface area contributed by atoms with Crippen molar-refractivity contribution in [2.24, 2.45) is 4.99 Å². The Kier molecular flexibility index (Phi) is 6.33. The Morgan fingerprint density at radius 1 is 1.25 bits per heavy atom. The maximum Gasteiger partial charge on any atom is 0.338 e. The SMILES string of the molecule is CCOC(=O)C1=C(C)N=c2s/c(=C/c3c(F)cccc3Cl)c(=O)n2[C@@H]1c1ccc(Cl)cc1. The van der Waals surface area contributed by atoms with Crippen LogP contribution in [0.15, 0.2) is 63.5 Å². The molecule has 3 aromatic rings. The van der Waals surface area contributed by atoms with E-state index >= 15 is 0 Å². The van der Waals surface area contributed by atoms with Crippen LogP contribution in [0, 0.1) is 5.82 Å². The minimum Gasteiger partial charge on any atom is -0.463 e. The number of allylic oxidation sites excluding steroid dienone is 1. The summed E-state index contributed by atoms with van der Waals surface area (Å²) >= 11 is 13.3. The molecule has 0 N–H and O–H groups in total. The van der Waals surface area contributed by atoms with E-state index in [4.69, 9.17) is 27.9 Å². The van der Waals surface area contributed by atoms with Gasteiger partial charge in [-0.3, -0.25) is 9.36 Å². The van der Waals surface area contributed by atoms with Crippen LogP contribution in [0.5, 0.6) is 0 Å². The number of hydrogen-bond acceptors (Lipinski definition) is 5. The van der Waals surface area contributed by atoms with E-state index in [1.807, 2.05) is 0 Å². The predicted octanol–water partition coefficient (Wildman–Crippen LogP) is 4.24. The zero-order valence-corrected chi connectivity index (χ0v) is 19.4. The highest BCUT2D eigenvalue weighted by Crippen LogP contribution is 2.31. The molecule has 0 saturated carbocycles. The lowest BCUT2D eigenvalue weighted by atomic mass is 9.96. The van der Waals surface area contributed by atoms with Gasteiger partial charge >= 0.3 is 5.97 Å². The average molecular weight is 491 g/mol.